The highest BCUT2D eigenvalue weighted by Crippen LogP contribution is 2.13. The van der Waals surface area contributed by atoms with Crippen LogP contribution < -0.4 is 10.6 Å². The number of aromatic nitrogens is 2. The third-order valence-electron chi connectivity index (χ3n) is 2.84. The highest BCUT2D eigenvalue weighted by Gasteiger charge is 2.08. The summed E-state index contributed by atoms with van der Waals surface area (Å²) in [6.07, 6.45) is 6.07. The molecule has 0 aromatic carbocycles. The number of nitrogens with zero attached hydrogens (tertiary/aromatic N) is 2. The Morgan fingerprint density at radius 2 is 2.10 bits per heavy atom. The predicted octanol–water partition coefficient (Wildman–Crippen LogP) is 2.86. The molecule has 0 saturated carbocycles. The SMILES string of the molecule is CCCNc1ccc(C(=O)Nc2ccncc2C)nc1. The quantitative estimate of drug-likeness (QED) is 0.876. The number of carbonyl (C=O) groups excluding carboxylic acids is 1. The van der Waals surface area contributed by atoms with Gasteiger partial charge in [0.15, 0.2) is 0 Å². The van der Waals surface area contributed by atoms with E-state index in [4.69, 9.17) is 0 Å². The molecule has 0 spiro atoms. The minimum atomic E-state index is -0.221. The second-order valence-corrected chi connectivity index (χ2v) is 4.50. The van der Waals surface area contributed by atoms with Crippen LogP contribution in [0, 0.1) is 6.92 Å². The molecule has 0 fully saturated rings. The molecule has 2 rings (SSSR count). The summed E-state index contributed by atoms with van der Waals surface area (Å²) in [6, 6.07) is 5.34. The average Bonchev–Trinajstić information content (AvgIpc) is 2.48. The van der Waals surface area contributed by atoms with Gasteiger partial charge in [-0.25, -0.2) is 4.98 Å². The van der Waals surface area contributed by atoms with Crippen molar-refractivity contribution >= 4 is 17.3 Å². The highest BCUT2D eigenvalue weighted by atomic mass is 16.1. The molecule has 0 saturated heterocycles. The molecular formula is C15H18N4O. The number of amides is 1. The van der Waals surface area contributed by atoms with Gasteiger partial charge in [-0.1, -0.05) is 6.92 Å². The number of hydrogen-bond donors (Lipinski definition) is 2. The van der Waals surface area contributed by atoms with E-state index in [0.29, 0.717) is 5.69 Å². The maximum absolute atomic E-state index is 12.1. The summed E-state index contributed by atoms with van der Waals surface area (Å²) < 4.78 is 0. The van der Waals surface area contributed by atoms with Crippen LogP contribution in [0.3, 0.4) is 0 Å². The summed E-state index contributed by atoms with van der Waals surface area (Å²) in [5, 5.41) is 6.04. The van der Waals surface area contributed by atoms with Crippen molar-refractivity contribution < 1.29 is 4.79 Å². The average molecular weight is 270 g/mol. The van der Waals surface area contributed by atoms with Crippen LogP contribution in [0.15, 0.2) is 36.8 Å². The predicted molar refractivity (Wildman–Crippen MR) is 79.9 cm³/mol. The van der Waals surface area contributed by atoms with Crippen LogP contribution in [0.5, 0.6) is 0 Å². The van der Waals surface area contributed by atoms with Gasteiger partial charge < -0.3 is 10.6 Å². The Hall–Kier alpha value is -2.43. The monoisotopic (exact) mass is 270 g/mol. The molecule has 2 N–H and O–H groups in total. The minimum absolute atomic E-state index is 0.221. The lowest BCUT2D eigenvalue weighted by atomic mass is 10.2. The first-order valence-corrected chi connectivity index (χ1v) is 6.62. The number of anilines is 2. The highest BCUT2D eigenvalue weighted by molar-refractivity contribution is 6.03. The van der Waals surface area contributed by atoms with E-state index in [-0.39, 0.29) is 5.91 Å². The van der Waals surface area contributed by atoms with Gasteiger partial charge in [0.25, 0.3) is 5.91 Å². The lowest BCUT2D eigenvalue weighted by Crippen LogP contribution is -2.14. The fraction of sp³-hybridized carbons (Fsp3) is 0.267. The van der Waals surface area contributed by atoms with Crippen molar-refractivity contribution in [3.05, 3.63) is 48.0 Å². The van der Waals surface area contributed by atoms with Crippen LogP contribution in [-0.2, 0) is 0 Å². The molecule has 1 amide bonds. The summed E-state index contributed by atoms with van der Waals surface area (Å²) in [7, 11) is 0. The molecule has 2 aromatic rings. The number of aryl methyl sites for hydroxylation is 1. The van der Waals surface area contributed by atoms with E-state index in [9.17, 15) is 4.79 Å². The smallest absolute Gasteiger partial charge is 0.274 e. The molecule has 104 valence electrons. The van der Waals surface area contributed by atoms with E-state index < -0.39 is 0 Å². The van der Waals surface area contributed by atoms with Crippen LogP contribution in [0.2, 0.25) is 0 Å². The summed E-state index contributed by atoms with van der Waals surface area (Å²) >= 11 is 0. The van der Waals surface area contributed by atoms with Crippen molar-refractivity contribution in [1.29, 1.82) is 0 Å². The maximum Gasteiger partial charge on any atom is 0.274 e. The normalized spacial score (nSPS) is 10.1. The summed E-state index contributed by atoms with van der Waals surface area (Å²) in [5.74, 6) is -0.221. The van der Waals surface area contributed by atoms with Crippen molar-refractivity contribution in [2.45, 2.75) is 20.3 Å². The number of hydrogen-bond acceptors (Lipinski definition) is 4. The molecule has 0 unspecified atom stereocenters. The molecule has 0 aliphatic rings. The number of nitrogens with one attached hydrogen (secondary N) is 2. The van der Waals surface area contributed by atoms with Crippen molar-refractivity contribution in [2.75, 3.05) is 17.2 Å². The standard InChI is InChI=1S/C15H18N4O/c1-3-7-17-12-4-5-14(18-10-12)15(20)19-13-6-8-16-9-11(13)2/h4-6,8-10,17H,3,7H2,1-2H3,(H,16,19,20). The van der Waals surface area contributed by atoms with E-state index in [1.807, 2.05) is 13.0 Å². The lowest BCUT2D eigenvalue weighted by molar-refractivity contribution is 0.102. The lowest BCUT2D eigenvalue weighted by Gasteiger charge is -2.08. The molecule has 5 nitrogen and oxygen atoms in total. The van der Waals surface area contributed by atoms with Crippen molar-refractivity contribution in [3.8, 4) is 0 Å². The molecule has 0 atom stereocenters. The molecule has 0 aliphatic heterocycles. The molecule has 20 heavy (non-hydrogen) atoms. The Balaban J connectivity index is 2.04. The van der Waals surface area contributed by atoms with Gasteiger partial charge in [0, 0.05) is 24.6 Å². The van der Waals surface area contributed by atoms with Gasteiger partial charge in [-0.3, -0.25) is 9.78 Å². The van der Waals surface area contributed by atoms with Gasteiger partial charge in [-0.15, -0.1) is 0 Å². The summed E-state index contributed by atoms with van der Waals surface area (Å²) in [4.78, 5) is 20.2. The Labute approximate surface area is 118 Å². The number of pyridine rings is 2. The first-order valence-electron chi connectivity index (χ1n) is 6.62. The zero-order chi connectivity index (χ0) is 14.4. The van der Waals surface area contributed by atoms with Gasteiger partial charge in [0.1, 0.15) is 5.69 Å². The van der Waals surface area contributed by atoms with Gasteiger partial charge in [-0.05, 0) is 37.1 Å². The van der Waals surface area contributed by atoms with E-state index in [0.717, 1.165) is 29.9 Å². The van der Waals surface area contributed by atoms with Crippen molar-refractivity contribution in [3.63, 3.8) is 0 Å². The van der Waals surface area contributed by atoms with E-state index in [1.165, 1.54) is 0 Å². The molecule has 0 bridgehead atoms. The topological polar surface area (TPSA) is 66.9 Å². The third-order valence-corrected chi connectivity index (χ3v) is 2.84. The Morgan fingerprint density at radius 3 is 2.75 bits per heavy atom. The van der Waals surface area contributed by atoms with Gasteiger partial charge in [0.05, 0.1) is 11.9 Å². The maximum atomic E-state index is 12.1. The number of rotatable bonds is 5. The fourth-order valence-electron chi connectivity index (χ4n) is 1.70. The Bertz CT molecular complexity index is 581. The van der Waals surface area contributed by atoms with Crippen molar-refractivity contribution in [1.82, 2.24) is 9.97 Å². The zero-order valence-corrected chi connectivity index (χ0v) is 11.7. The minimum Gasteiger partial charge on any atom is -0.384 e. The molecule has 2 heterocycles. The molecule has 0 aliphatic carbocycles. The van der Waals surface area contributed by atoms with Crippen LogP contribution in [-0.4, -0.2) is 22.4 Å². The molecule has 2 aromatic heterocycles. The Kier molecular flexibility index (Phi) is 4.65. The first kappa shape index (κ1) is 14.0. The fourth-order valence-corrected chi connectivity index (χ4v) is 1.70. The summed E-state index contributed by atoms with van der Waals surface area (Å²) in [6.45, 7) is 4.89. The van der Waals surface area contributed by atoms with E-state index in [2.05, 4.69) is 27.5 Å². The number of carbonyl (C=O) groups is 1. The van der Waals surface area contributed by atoms with Crippen LogP contribution in [0.25, 0.3) is 0 Å². The van der Waals surface area contributed by atoms with Gasteiger partial charge in [0.2, 0.25) is 0 Å². The second-order valence-electron chi connectivity index (χ2n) is 4.50. The van der Waals surface area contributed by atoms with Crippen LogP contribution in [0.4, 0.5) is 11.4 Å². The van der Waals surface area contributed by atoms with Gasteiger partial charge >= 0.3 is 0 Å². The largest absolute Gasteiger partial charge is 0.384 e. The van der Waals surface area contributed by atoms with Crippen molar-refractivity contribution in [2.24, 2.45) is 0 Å². The second kappa shape index (κ2) is 6.65. The Morgan fingerprint density at radius 1 is 1.25 bits per heavy atom. The zero-order valence-electron chi connectivity index (χ0n) is 11.7. The van der Waals surface area contributed by atoms with Gasteiger partial charge in [-0.2, -0.15) is 0 Å². The van der Waals surface area contributed by atoms with Crippen LogP contribution >= 0.6 is 0 Å². The molecular weight excluding hydrogens is 252 g/mol. The molecule has 0 radical (unpaired) electrons. The van der Waals surface area contributed by atoms with E-state index in [1.54, 1.807) is 30.7 Å². The van der Waals surface area contributed by atoms with E-state index >= 15 is 0 Å². The third kappa shape index (κ3) is 3.54. The summed E-state index contributed by atoms with van der Waals surface area (Å²) in [5.41, 5.74) is 2.98. The first-order chi connectivity index (χ1) is 9.70. The van der Waals surface area contributed by atoms with Crippen LogP contribution in [0.1, 0.15) is 29.4 Å². The molecule has 5 heteroatoms.